The molecule has 138 valence electrons. The second kappa shape index (κ2) is 7.53. The molecule has 0 aromatic heterocycles. The zero-order chi connectivity index (χ0) is 15.9. The molecule has 4 rings (SSSR count). The minimum Gasteiger partial charge on any atom is -0.342 e. The van der Waals surface area contributed by atoms with Crippen molar-refractivity contribution in [2.24, 2.45) is 28.9 Å². The number of rotatable bonds is 1. The Hall–Kier alpha value is -0.280. The minimum absolute atomic E-state index is 0. The highest BCUT2D eigenvalue weighted by molar-refractivity contribution is 5.85. The number of hydrogen-bond acceptors (Lipinski definition) is 2. The number of halogens is 1. The molecule has 0 radical (unpaired) electrons. The number of likely N-dealkylation sites (tertiary alicyclic amines) is 1. The highest BCUT2D eigenvalue weighted by Crippen LogP contribution is 2.45. The zero-order valence-electron chi connectivity index (χ0n) is 15.0. The lowest BCUT2D eigenvalue weighted by Gasteiger charge is -2.48. The Morgan fingerprint density at radius 1 is 0.917 bits per heavy atom. The standard InChI is InChI=1S/C20H34N2O.ClH/c21-18-15-6-4-7-16(18)13-17(12-15)19(23)22-11-5-10-20(14-22)8-2-1-3-9-20;/h15-18H,1-14,21H2;1H. The van der Waals surface area contributed by atoms with E-state index < -0.39 is 0 Å². The Morgan fingerprint density at radius 2 is 1.54 bits per heavy atom. The van der Waals surface area contributed by atoms with Crippen molar-refractivity contribution in [3.05, 3.63) is 0 Å². The minimum atomic E-state index is 0. The van der Waals surface area contributed by atoms with Crippen molar-refractivity contribution >= 4 is 18.3 Å². The molecule has 0 aromatic carbocycles. The van der Waals surface area contributed by atoms with Gasteiger partial charge in [0.05, 0.1) is 0 Å². The summed E-state index contributed by atoms with van der Waals surface area (Å²) in [6.45, 7) is 2.07. The van der Waals surface area contributed by atoms with E-state index in [1.807, 2.05) is 0 Å². The Bertz CT molecular complexity index is 429. The lowest BCUT2D eigenvalue weighted by atomic mass is 9.64. The lowest BCUT2D eigenvalue weighted by Crippen LogP contribution is -2.53. The summed E-state index contributed by atoms with van der Waals surface area (Å²) >= 11 is 0. The number of hydrogen-bond donors (Lipinski definition) is 1. The van der Waals surface area contributed by atoms with E-state index >= 15 is 0 Å². The molecule has 24 heavy (non-hydrogen) atoms. The third kappa shape index (κ3) is 3.49. The van der Waals surface area contributed by atoms with Gasteiger partial charge in [-0.3, -0.25) is 4.79 Å². The molecule has 4 aliphatic rings. The number of piperidine rings is 1. The van der Waals surface area contributed by atoms with Crippen molar-refractivity contribution < 1.29 is 4.79 Å². The van der Waals surface area contributed by atoms with Gasteiger partial charge in [0.15, 0.2) is 0 Å². The number of nitrogens with zero attached hydrogens (tertiary/aromatic N) is 1. The molecule has 2 unspecified atom stereocenters. The molecule has 2 N–H and O–H groups in total. The first kappa shape index (κ1) is 18.5. The van der Waals surface area contributed by atoms with Crippen LogP contribution in [0.4, 0.5) is 0 Å². The van der Waals surface area contributed by atoms with E-state index in [2.05, 4.69) is 4.90 Å². The molecule has 3 nitrogen and oxygen atoms in total. The summed E-state index contributed by atoms with van der Waals surface area (Å²) in [7, 11) is 0. The number of amides is 1. The number of carbonyl (C=O) groups excluding carboxylic acids is 1. The molecule has 2 bridgehead atoms. The van der Waals surface area contributed by atoms with Gasteiger partial charge in [-0.15, -0.1) is 12.4 Å². The first-order chi connectivity index (χ1) is 11.2. The van der Waals surface area contributed by atoms with Gasteiger partial charge in [-0.05, 0) is 68.6 Å². The van der Waals surface area contributed by atoms with Gasteiger partial charge >= 0.3 is 0 Å². The highest BCUT2D eigenvalue weighted by atomic mass is 35.5. The second-order valence-electron chi connectivity index (χ2n) is 9.12. The first-order valence-electron chi connectivity index (χ1n) is 10.2. The molecule has 1 saturated heterocycles. The topological polar surface area (TPSA) is 46.3 Å². The normalized spacial score (nSPS) is 38.5. The van der Waals surface area contributed by atoms with E-state index in [-0.39, 0.29) is 18.3 Å². The highest BCUT2D eigenvalue weighted by Gasteiger charge is 2.44. The quantitative estimate of drug-likeness (QED) is 0.769. The first-order valence-corrected chi connectivity index (χ1v) is 10.2. The number of fused-ring (bicyclic) bond motifs is 2. The van der Waals surface area contributed by atoms with Crippen LogP contribution in [0.3, 0.4) is 0 Å². The summed E-state index contributed by atoms with van der Waals surface area (Å²) in [6, 6.07) is 0.374. The Labute approximate surface area is 153 Å². The summed E-state index contributed by atoms with van der Waals surface area (Å²) < 4.78 is 0. The predicted molar refractivity (Wildman–Crippen MR) is 100 cm³/mol. The van der Waals surface area contributed by atoms with Crippen molar-refractivity contribution in [2.45, 2.75) is 83.1 Å². The molecular formula is C20H35ClN2O. The summed E-state index contributed by atoms with van der Waals surface area (Å²) in [5, 5.41) is 0. The van der Waals surface area contributed by atoms with Crippen molar-refractivity contribution in [2.75, 3.05) is 13.1 Å². The predicted octanol–water partition coefficient (Wildman–Crippen LogP) is 4.13. The second-order valence-corrected chi connectivity index (χ2v) is 9.12. The van der Waals surface area contributed by atoms with Gasteiger partial charge in [0.2, 0.25) is 5.91 Å². The molecule has 3 saturated carbocycles. The fourth-order valence-corrected chi connectivity index (χ4v) is 6.35. The van der Waals surface area contributed by atoms with E-state index in [0.717, 1.165) is 25.9 Å². The van der Waals surface area contributed by atoms with Crippen molar-refractivity contribution in [3.63, 3.8) is 0 Å². The molecular weight excluding hydrogens is 320 g/mol. The van der Waals surface area contributed by atoms with Crippen LogP contribution in [-0.4, -0.2) is 29.9 Å². The average molecular weight is 355 g/mol. The van der Waals surface area contributed by atoms with E-state index in [4.69, 9.17) is 5.73 Å². The van der Waals surface area contributed by atoms with Crippen LogP contribution in [-0.2, 0) is 4.79 Å². The van der Waals surface area contributed by atoms with E-state index in [1.54, 1.807) is 0 Å². The molecule has 3 aliphatic carbocycles. The maximum atomic E-state index is 13.2. The molecule has 1 spiro atoms. The van der Waals surface area contributed by atoms with Crippen LogP contribution in [0.5, 0.6) is 0 Å². The monoisotopic (exact) mass is 354 g/mol. The van der Waals surface area contributed by atoms with Crippen LogP contribution >= 0.6 is 12.4 Å². The third-order valence-electron chi connectivity index (χ3n) is 7.65. The third-order valence-corrected chi connectivity index (χ3v) is 7.65. The smallest absolute Gasteiger partial charge is 0.225 e. The van der Waals surface area contributed by atoms with Crippen LogP contribution < -0.4 is 5.73 Å². The molecule has 0 aromatic rings. The van der Waals surface area contributed by atoms with Crippen molar-refractivity contribution in [3.8, 4) is 0 Å². The van der Waals surface area contributed by atoms with Gasteiger partial charge < -0.3 is 10.6 Å². The zero-order valence-corrected chi connectivity index (χ0v) is 15.9. The molecule has 4 heteroatoms. The fourth-order valence-electron chi connectivity index (χ4n) is 6.35. The summed E-state index contributed by atoms with van der Waals surface area (Å²) in [6.07, 6.45) is 15.4. The summed E-state index contributed by atoms with van der Waals surface area (Å²) in [5.41, 5.74) is 6.89. The van der Waals surface area contributed by atoms with Gasteiger partial charge in [0.25, 0.3) is 0 Å². The van der Waals surface area contributed by atoms with Crippen LogP contribution in [0.2, 0.25) is 0 Å². The number of nitrogens with two attached hydrogens (primary N) is 1. The van der Waals surface area contributed by atoms with Crippen LogP contribution in [0.25, 0.3) is 0 Å². The molecule has 1 aliphatic heterocycles. The van der Waals surface area contributed by atoms with E-state index in [1.165, 1.54) is 64.2 Å². The van der Waals surface area contributed by atoms with Crippen molar-refractivity contribution in [1.29, 1.82) is 0 Å². The van der Waals surface area contributed by atoms with Crippen molar-refractivity contribution in [1.82, 2.24) is 4.90 Å². The van der Waals surface area contributed by atoms with Crippen LogP contribution in [0, 0.1) is 23.2 Å². The van der Waals surface area contributed by atoms with Gasteiger partial charge in [-0.1, -0.05) is 25.7 Å². The van der Waals surface area contributed by atoms with Gasteiger partial charge in [-0.25, -0.2) is 0 Å². The van der Waals surface area contributed by atoms with Gasteiger partial charge in [-0.2, -0.15) is 0 Å². The molecule has 1 amide bonds. The maximum Gasteiger partial charge on any atom is 0.225 e. The van der Waals surface area contributed by atoms with Crippen LogP contribution in [0.15, 0.2) is 0 Å². The molecule has 4 fully saturated rings. The lowest BCUT2D eigenvalue weighted by molar-refractivity contribution is -0.143. The molecule has 2 atom stereocenters. The Morgan fingerprint density at radius 3 is 2.21 bits per heavy atom. The van der Waals surface area contributed by atoms with Gasteiger partial charge in [0, 0.05) is 25.0 Å². The fraction of sp³-hybridized carbons (Fsp3) is 0.950. The van der Waals surface area contributed by atoms with Gasteiger partial charge in [0.1, 0.15) is 0 Å². The SMILES string of the molecule is Cl.NC1C2CCCC1CC(C(=O)N1CCCC3(CCCCC3)C1)C2. The largest absolute Gasteiger partial charge is 0.342 e. The summed E-state index contributed by atoms with van der Waals surface area (Å²) in [4.78, 5) is 15.5. The van der Waals surface area contributed by atoms with Crippen LogP contribution in [0.1, 0.15) is 77.0 Å². The van der Waals surface area contributed by atoms with E-state index in [0.29, 0.717) is 29.2 Å². The maximum absolute atomic E-state index is 13.2. The molecule has 1 heterocycles. The summed E-state index contributed by atoms with van der Waals surface area (Å²) in [5.74, 6) is 2.00. The Kier molecular flexibility index (Phi) is 5.81. The number of carbonyl (C=O) groups is 1. The van der Waals surface area contributed by atoms with E-state index in [9.17, 15) is 4.79 Å². The average Bonchev–Trinajstić information content (AvgIpc) is 2.55. The Balaban J connectivity index is 0.00000169.